The second-order valence-corrected chi connectivity index (χ2v) is 6.31. The van der Waals surface area contributed by atoms with Gasteiger partial charge in [0.15, 0.2) is 0 Å². The molecule has 26 heavy (non-hydrogen) atoms. The van der Waals surface area contributed by atoms with Gasteiger partial charge >= 0.3 is 0 Å². The van der Waals surface area contributed by atoms with Crippen molar-refractivity contribution in [2.24, 2.45) is 0 Å². The lowest BCUT2D eigenvalue weighted by Gasteiger charge is -2.32. The fraction of sp³-hybridized carbons (Fsp3) is 0.316. The molecule has 0 N–H and O–H groups in total. The van der Waals surface area contributed by atoms with Crippen LogP contribution < -0.4 is 0 Å². The molecule has 3 aromatic rings. The average molecular weight is 352 g/mol. The summed E-state index contributed by atoms with van der Waals surface area (Å²) in [5.74, 6) is 0.868. The fourth-order valence-electron chi connectivity index (χ4n) is 3.19. The van der Waals surface area contributed by atoms with Crippen LogP contribution in [0.25, 0.3) is 22.6 Å². The van der Waals surface area contributed by atoms with Crippen molar-refractivity contribution in [2.45, 2.75) is 19.6 Å². The number of carbonyl (C=O) groups excluding carboxylic acids is 1. The molecule has 1 aromatic carbocycles. The highest BCUT2D eigenvalue weighted by molar-refractivity contribution is 5.78. The van der Waals surface area contributed by atoms with Gasteiger partial charge in [0.2, 0.25) is 5.91 Å². The van der Waals surface area contributed by atoms with E-state index in [1.54, 1.807) is 22.8 Å². The topological polar surface area (TPSA) is 73.4 Å². The van der Waals surface area contributed by atoms with Gasteiger partial charge in [-0.15, -0.1) is 5.10 Å². The van der Waals surface area contributed by atoms with Crippen molar-refractivity contribution in [3.05, 3.63) is 48.9 Å². The standard InChI is InChI=1S/C19H20N4O3/c1-14(24)22-8-10-25-15(11-22)12-23-13-18(20-21-23)16-5-2-3-6-17(16)19-7-4-9-26-19/h2-7,9,13,15H,8,10-12H2,1H3. The third kappa shape index (κ3) is 3.39. The predicted octanol–water partition coefficient (Wildman–Crippen LogP) is 2.45. The summed E-state index contributed by atoms with van der Waals surface area (Å²) in [7, 11) is 0. The van der Waals surface area contributed by atoms with Crippen molar-refractivity contribution in [1.29, 1.82) is 0 Å². The summed E-state index contributed by atoms with van der Waals surface area (Å²) in [5, 5.41) is 8.54. The quantitative estimate of drug-likeness (QED) is 0.721. The molecule has 1 unspecified atom stereocenters. The maximum Gasteiger partial charge on any atom is 0.219 e. The van der Waals surface area contributed by atoms with Gasteiger partial charge in [-0.2, -0.15) is 0 Å². The summed E-state index contributed by atoms with van der Waals surface area (Å²) in [5.41, 5.74) is 2.71. The van der Waals surface area contributed by atoms with E-state index in [4.69, 9.17) is 9.15 Å². The first kappa shape index (κ1) is 16.5. The molecule has 4 rings (SSSR count). The number of nitrogens with zero attached hydrogens (tertiary/aromatic N) is 4. The van der Waals surface area contributed by atoms with Crippen LogP contribution in [-0.2, 0) is 16.1 Å². The Morgan fingerprint density at radius 1 is 1.23 bits per heavy atom. The van der Waals surface area contributed by atoms with Crippen molar-refractivity contribution >= 4 is 5.91 Å². The number of hydrogen-bond donors (Lipinski definition) is 0. The molecule has 0 spiro atoms. The van der Waals surface area contributed by atoms with Crippen LogP contribution in [0.1, 0.15) is 6.92 Å². The van der Waals surface area contributed by atoms with Crippen LogP contribution in [0.5, 0.6) is 0 Å². The van der Waals surface area contributed by atoms with E-state index in [0.29, 0.717) is 26.2 Å². The van der Waals surface area contributed by atoms with Gasteiger partial charge in [0.1, 0.15) is 11.5 Å². The van der Waals surface area contributed by atoms with E-state index in [2.05, 4.69) is 10.3 Å². The number of amides is 1. The number of carbonyl (C=O) groups is 1. The maximum atomic E-state index is 11.6. The van der Waals surface area contributed by atoms with E-state index in [0.717, 1.165) is 22.6 Å². The zero-order chi connectivity index (χ0) is 17.9. The first-order chi connectivity index (χ1) is 12.7. The Morgan fingerprint density at radius 2 is 2.08 bits per heavy atom. The van der Waals surface area contributed by atoms with Gasteiger partial charge < -0.3 is 14.1 Å². The molecule has 3 heterocycles. The van der Waals surface area contributed by atoms with Gasteiger partial charge in [-0.05, 0) is 12.1 Å². The number of benzene rings is 1. The summed E-state index contributed by atoms with van der Waals surface area (Å²) in [6.45, 7) is 3.91. The molecule has 1 saturated heterocycles. The number of hydrogen-bond acceptors (Lipinski definition) is 5. The highest BCUT2D eigenvalue weighted by Crippen LogP contribution is 2.30. The Bertz CT molecular complexity index is 888. The summed E-state index contributed by atoms with van der Waals surface area (Å²) in [6, 6.07) is 11.7. The van der Waals surface area contributed by atoms with Crippen LogP contribution >= 0.6 is 0 Å². The first-order valence-corrected chi connectivity index (χ1v) is 8.61. The molecule has 0 bridgehead atoms. The maximum absolute atomic E-state index is 11.6. The molecular weight excluding hydrogens is 332 g/mol. The Labute approximate surface area is 151 Å². The van der Waals surface area contributed by atoms with Crippen molar-refractivity contribution < 1.29 is 13.9 Å². The number of rotatable bonds is 4. The van der Waals surface area contributed by atoms with Gasteiger partial charge in [-0.3, -0.25) is 4.79 Å². The van der Waals surface area contributed by atoms with E-state index in [9.17, 15) is 4.79 Å². The minimum Gasteiger partial charge on any atom is -0.464 e. The summed E-state index contributed by atoms with van der Waals surface area (Å²) < 4.78 is 13.1. The normalized spacial score (nSPS) is 17.4. The van der Waals surface area contributed by atoms with Crippen molar-refractivity contribution in [2.75, 3.05) is 19.7 Å². The molecule has 1 amide bonds. The van der Waals surface area contributed by atoms with Crippen LogP contribution in [-0.4, -0.2) is 51.6 Å². The van der Waals surface area contributed by atoms with E-state index in [1.165, 1.54) is 0 Å². The largest absolute Gasteiger partial charge is 0.464 e. The minimum absolute atomic E-state index is 0.0740. The van der Waals surface area contributed by atoms with Crippen LogP contribution in [0.2, 0.25) is 0 Å². The van der Waals surface area contributed by atoms with Crippen molar-refractivity contribution in [1.82, 2.24) is 19.9 Å². The monoisotopic (exact) mass is 352 g/mol. The predicted molar refractivity (Wildman–Crippen MR) is 95.2 cm³/mol. The summed E-state index contributed by atoms with van der Waals surface area (Å²) in [6.07, 6.45) is 3.48. The molecule has 1 aliphatic heterocycles. The van der Waals surface area contributed by atoms with Gasteiger partial charge in [0, 0.05) is 31.1 Å². The molecule has 134 valence electrons. The number of morpholine rings is 1. The van der Waals surface area contributed by atoms with Crippen LogP contribution in [0.3, 0.4) is 0 Å². The molecule has 7 nitrogen and oxygen atoms in total. The molecule has 0 aliphatic carbocycles. The fourth-order valence-corrected chi connectivity index (χ4v) is 3.19. The number of ether oxygens (including phenoxy) is 1. The zero-order valence-electron chi connectivity index (χ0n) is 14.5. The van der Waals surface area contributed by atoms with Gasteiger partial charge in [-0.25, -0.2) is 4.68 Å². The van der Waals surface area contributed by atoms with Crippen LogP contribution in [0.15, 0.2) is 53.3 Å². The summed E-state index contributed by atoms with van der Waals surface area (Å²) >= 11 is 0. The molecule has 1 aliphatic rings. The Balaban J connectivity index is 1.53. The smallest absolute Gasteiger partial charge is 0.219 e. The Hall–Kier alpha value is -2.93. The SMILES string of the molecule is CC(=O)N1CCOC(Cn2cc(-c3ccccc3-c3ccco3)nn2)C1. The van der Waals surface area contributed by atoms with E-state index < -0.39 is 0 Å². The highest BCUT2D eigenvalue weighted by atomic mass is 16.5. The number of aromatic nitrogens is 3. The molecule has 0 saturated carbocycles. The first-order valence-electron chi connectivity index (χ1n) is 8.61. The lowest BCUT2D eigenvalue weighted by molar-refractivity contribution is -0.136. The molecular formula is C19H20N4O3. The van der Waals surface area contributed by atoms with Gasteiger partial charge in [-0.1, -0.05) is 29.5 Å². The zero-order valence-corrected chi connectivity index (χ0v) is 14.5. The second kappa shape index (κ2) is 7.13. The highest BCUT2D eigenvalue weighted by Gasteiger charge is 2.23. The molecule has 1 fully saturated rings. The van der Waals surface area contributed by atoms with Crippen molar-refractivity contribution in [3.8, 4) is 22.6 Å². The summed E-state index contributed by atoms with van der Waals surface area (Å²) in [4.78, 5) is 13.4. The number of furan rings is 1. The van der Waals surface area contributed by atoms with Gasteiger partial charge in [0.25, 0.3) is 0 Å². The second-order valence-electron chi connectivity index (χ2n) is 6.31. The molecule has 7 heteroatoms. The van der Waals surface area contributed by atoms with E-state index >= 15 is 0 Å². The Morgan fingerprint density at radius 3 is 2.85 bits per heavy atom. The van der Waals surface area contributed by atoms with Crippen LogP contribution in [0, 0.1) is 0 Å². The lowest BCUT2D eigenvalue weighted by atomic mass is 10.0. The minimum atomic E-state index is -0.0810. The lowest BCUT2D eigenvalue weighted by Crippen LogP contribution is -2.46. The third-order valence-corrected chi connectivity index (χ3v) is 4.50. The van der Waals surface area contributed by atoms with Crippen molar-refractivity contribution in [3.63, 3.8) is 0 Å². The van der Waals surface area contributed by atoms with E-state index in [-0.39, 0.29) is 12.0 Å². The van der Waals surface area contributed by atoms with Crippen LogP contribution in [0.4, 0.5) is 0 Å². The molecule has 1 atom stereocenters. The molecule has 2 aromatic heterocycles. The molecule has 0 radical (unpaired) electrons. The van der Waals surface area contributed by atoms with E-state index in [1.807, 2.05) is 42.6 Å². The van der Waals surface area contributed by atoms with Gasteiger partial charge in [0.05, 0.1) is 31.7 Å². The average Bonchev–Trinajstić information content (AvgIpc) is 3.34. The Kier molecular flexibility index (Phi) is 4.53. The third-order valence-electron chi connectivity index (χ3n) is 4.50.